The predicted octanol–water partition coefficient (Wildman–Crippen LogP) is 1.78. The number of nitrogens with one attached hydrogen (secondary N) is 1. The van der Waals surface area contributed by atoms with Gasteiger partial charge in [-0.2, -0.15) is 4.98 Å². The number of carbonyl (C=O) groups is 2. The molecule has 170 valence electrons. The zero-order chi connectivity index (χ0) is 23.1. The average molecular weight is 448 g/mol. The van der Waals surface area contributed by atoms with Crippen molar-refractivity contribution >= 4 is 29.0 Å². The van der Waals surface area contributed by atoms with Gasteiger partial charge in [-0.3, -0.25) is 14.2 Å². The first-order valence-electron chi connectivity index (χ1n) is 11.0. The number of aromatic nitrogens is 3. The molecule has 3 aromatic rings. The van der Waals surface area contributed by atoms with Crippen LogP contribution in [0.4, 0.5) is 10.7 Å². The topological polar surface area (TPSA) is 121 Å². The minimum absolute atomic E-state index is 0.115. The molecule has 1 aliphatic carbocycles. The molecular formula is C23H24N6O4. The minimum atomic E-state index is -0.937. The van der Waals surface area contributed by atoms with Crippen molar-refractivity contribution in [2.75, 3.05) is 31.1 Å². The fourth-order valence-electron chi connectivity index (χ4n) is 4.00. The molecule has 2 amide bonds. The summed E-state index contributed by atoms with van der Waals surface area (Å²) in [5.74, 6) is 0.347. The highest BCUT2D eigenvalue weighted by Crippen LogP contribution is 2.22. The third-order valence-corrected chi connectivity index (χ3v) is 6.06. The van der Waals surface area contributed by atoms with Crippen LogP contribution in [0.25, 0.3) is 16.7 Å². The first-order chi connectivity index (χ1) is 15.9. The fourth-order valence-corrected chi connectivity index (χ4v) is 4.00. The molecule has 0 radical (unpaired) electrons. The Morgan fingerprint density at radius 2 is 1.70 bits per heavy atom. The summed E-state index contributed by atoms with van der Waals surface area (Å²) in [5.41, 5.74) is 2.11. The van der Waals surface area contributed by atoms with E-state index in [-0.39, 0.29) is 17.5 Å². The van der Waals surface area contributed by atoms with Gasteiger partial charge in [-0.1, -0.05) is 0 Å². The molecule has 0 spiro atoms. The molecule has 2 fully saturated rings. The zero-order valence-electron chi connectivity index (χ0n) is 18.2. The van der Waals surface area contributed by atoms with E-state index in [2.05, 4.69) is 10.3 Å². The molecule has 2 aromatic heterocycles. The van der Waals surface area contributed by atoms with Gasteiger partial charge in [0.15, 0.2) is 5.65 Å². The molecule has 3 heterocycles. The van der Waals surface area contributed by atoms with E-state index < -0.39 is 6.09 Å². The van der Waals surface area contributed by atoms with Gasteiger partial charge < -0.3 is 20.2 Å². The number of carbonyl (C=O) groups excluding carboxylic acids is 1. The van der Waals surface area contributed by atoms with E-state index >= 15 is 0 Å². The number of carboxylic acid groups (broad SMARTS) is 1. The Morgan fingerprint density at radius 3 is 2.33 bits per heavy atom. The summed E-state index contributed by atoms with van der Waals surface area (Å²) in [4.78, 5) is 49.0. The van der Waals surface area contributed by atoms with Crippen molar-refractivity contribution in [1.82, 2.24) is 24.8 Å². The Kier molecular flexibility index (Phi) is 5.20. The lowest BCUT2D eigenvalue weighted by Crippen LogP contribution is -2.48. The molecule has 33 heavy (non-hydrogen) atoms. The maximum absolute atomic E-state index is 12.9. The first-order valence-corrected chi connectivity index (χ1v) is 11.0. The summed E-state index contributed by atoms with van der Waals surface area (Å²) < 4.78 is 1.52. The van der Waals surface area contributed by atoms with Crippen molar-refractivity contribution in [2.45, 2.75) is 25.8 Å². The monoisotopic (exact) mass is 448 g/mol. The number of aryl methyl sites for hydroxylation is 1. The highest BCUT2D eigenvalue weighted by Gasteiger charge is 2.25. The molecule has 1 saturated heterocycles. The van der Waals surface area contributed by atoms with Crippen molar-refractivity contribution < 1.29 is 14.7 Å². The summed E-state index contributed by atoms with van der Waals surface area (Å²) in [6, 6.07) is 10.4. The van der Waals surface area contributed by atoms with Crippen molar-refractivity contribution in [3.8, 4) is 5.69 Å². The standard InChI is InChI=1S/C23H24N6O4/c1-14-18-8-9-19(30)29(17-6-2-15(3-7-17)21(31)25-16-4-5-16)20(18)26-22(24-14)27-10-12-28(13-11-27)23(32)33/h2-3,6-9,16H,4-5,10-13H2,1H3,(H,25,31)(H,32,33). The van der Waals surface area contributed by atoms with Crippen molar-refractivity contribution in [3.63, 3.8) is 0 Å². The number of hydrogen-bond donors (Lipinski definition) is 2. The molecule has 10 nitrogen and oxygen atoms in total. The lowest BCUT2D eigenvalue weighted by atomic mass is 10.1. The van der Waals surface area contributed by atoms with Crippen LogP contribution in [0.5, 0.6) is 0 Å². The van der Waals surface area contributed by atoms with Gasteiger partial charge in [0.25, 0.3) is 11.5 Å². The second-order valence-electron chi connectivity index (χ2n) is 8.40. The van der Waals surface area contributed by atoms with E-state index in [1.54, 1.807) is 30.3 Å². The van der Waals surface area contributed by atoms with Crippen LogP contribution >= 0.6 is 0 Å². The van der Waals surface area contributed by atoms with E-state index in [1.807, 2.05) is 11.8 Å². The molecule has 1 saturated carbocycles. The zero-order valence-corrected chi connectivity index (χ0v) is 18.2. The number of amides is 2. The van der Waals surface area contributed by atoms with E-state index in [9.17, 15) is 19.5 Å². The van der Waals surface area contributed by atoms with Crippen LogP contribution in [0.1, 0.15) is 28.9 Å². The first kappa shape index (κ1) is 20.9. The number of anilines is 1. The SMILES string of the molecule is Cc1nc(N2CCN(C(=O)O)CC2)nc2c1ccc(=O)n2-c1ccc(C(=O)NC2CC2)cc1. The van der Waals surface area contributed by atoms with Gasteiger partial charge >= 0.3 is 6.09 Å². The molecule has 10 heteroatoms. The summed E-state index contributed by atoms with van der Waals surface area (Å²) in [6.45, 7) is 3.53. The van der Waals surface area contributed by atoms with Crippen LogP contribution in [0.15, 0.2) is 41.2 Å². The number of piperazine rings is 1. The third kappa shape index (κ3) is 4.11. The lowest BCUT2D eigenvalue weighted by molar-refractivity contribution is 0.0951. The van der Waals surface area contributed by atoms with Crippen LogP contribution in [-0.4, -0.2) is 68.8 Å². The van der Waals surface area contributed by atoms with Gasteiger partial charge in [-0.25, -0.2) is 9.78 Å². The Hall–Kier alpha value is -3.95. The van der Waals surface area contributed by atoms with Crippen LogP contribution in [0.3, 0.4) is 0 Å². The second-order valence-corrected chi connectivity index (χ2v) is 8.40. The number of nitrogens with zero attached hydrogens (tertiary/aromatic N) is 5. The summed E-state index contributed by atoms with van der Waals surface area (Å²) in [7, 11) is 0. The normalized spacial score (nSPS) is 16.2. The minimum Gasteiger partial charge on any atom is -0.465 e. The van der Waals surface area contributed by atoms with Crippen LogP contribution < -0.4 is 15.8 Å². The number of hydrogen-bond acceptors (Lipinski definition) is 6. The molecule has 2 N–H and O–H groups in total. The van der Waals surface area contributed by atoms with Gasteiger partial charge in [0, 0.05) is 49.2 Å². The van der Waals surface area contributed by atoms with Crippen molar-refractivity contribution in [3.05, 3.63) is 58.0 Å². The Labute approximate surface area is 189 Å². The van der Waals surface area contributed by atoms with Crippen molar-refractivity contribution in [2.24, 2.45) is 0 Å². The summed E-state index contributed by atoms with van der Waals surface area (Å²) in [6.07, 6.45) is 1.09. The van der Waals surface area contributed by atoms with Gasteiger partial charge in [0.1, 0.15) is 0 Å². The third-order valence-electron chi connectivity index (χ3n) is 6.06. The molecule has 0 bridgehead atoms. The van der Waals surface area contributed by atoms with Crippen molar-refractivity contribution in [1.29, 1.82) is 0 Å². The number of benzene rings is 1. The molecule has 1 aromatic carbocycles. The molecule has 0 atom stereocenters. The van der Waals surface area contributed by atoms with Gasteiger partial charge in [-0.15, -0.1) is 0 Å². The van der Waals surface area contributed by atoms with Gasteiger partial charge in [0.05, 0.1) is 11.4 Å². The maximum atomic E-state index is 12.9. The smallest absolute Gasteiger partial charge is 0.407 e. The van der Waals surface area contributed by atoms with Crippen LogP contribution in [0.2, 0.25) is 0 Å². The molecule has 1 aliphatic heterocycles. The van der Waals surface area contributed by atoms with E-state index in [1.165, 1.54) is 15.5 Å². The van der Waals surface area contributed by atoms with E-state index in [4.69, 9.17) is 4.98 Å². The molecule has 2 aliphatic rings. The molecule has 5 rings (SSSR count). The van der Waals surface area contributed by atoms with Gasteiger partial charge in [0.2, 0.25) is 5.95 Å². The second kappa shape index (κ2) is 8.19. The number of rotatable bonds is 4. The fraction of sp³-hybridized carbons (Fsp3) is 0.348. The Bertz CT molecular complexity index is 1290. The number of pyridine rings is 1. The molecular weight excluding hydrogens is 424 g/mol. The largest absolute Gasteiger partial charge is 0.465 e. The molecule has 0 unspecified atom stereocenters. The highest BCUT2D eigenvalue weighted by atomic mass is 16.4. The lowest BCUT2D eigenvalue weighted by Gasteiger charge is -2.33. The Balaban J connectivity index is 1.51. The predicted molar refractivity (Wildman–Crippen MR) is 122 cm³/mol. The van der Waals surface area contributed by atoms with Crippen LogP contribution in [-0.2, 0) is 0 Å². The Morgan fingerprint density at radius 1 is 1.00 bits per heavy atom. The van der Waals surface area contributed by atoms with Gasteiger partial charge in [-0.05, 0) is 50.1 Å². The summed E-state index contributed by atoms with van der Waals surface area (Å²) >= 11 is 0. The average Bonchev–Trinajstić information content (AvgIpc) is 3.63. The number of fused-ring (bicyclic) bond motifs is 1. The summed E-state index contributed by atoms with van der Waals surface area (Å²) in [5, 5.41) is 12.9. The highest BCUT2D eigenvalue weighted by molar-refractivity contribution is 5.94. The van der Waals surface area contributed by atoms with E-state index in [0.717, 1.165) is 23.9 Å². The quantitative estimate of drug-likeness (QED) is 0.624. The van der Waals surface area contributed by atoms with Crippen LogP contribution in [0, 0.1) is 6.92 Å². The maximum Gasteiger partial charge on any atom is 0.407 e. The van der Waals surface area contributed by atoms with E-state index in [0.29, 0.717) is 49.0 Å².